The first-order valence-corrected chi connectivity index (χ1v) is 6.49. The third-order valence-corrected chi connectivity index (χ3v) is 2.95. The first kappa shape index (κ1) is 14.5. The minimum atomic E-state index is -1.00. The van der Waals surface area contributed by atoms with Crippen LogP contribution in [0.3, 0.4) is 0 Å². The van der Waals surface area contributed by atoms with Gasteiger partial charge >= 0.3 is 5.97 Å². The second-order valence-electron chi connectivity index (χ2n) is 4.35. The van der Waals surface area contributed by atoms with Gasteiger partial charge in [-0.05, 0) is 12.5 Å². The number of carboxylic acids is 1. The topological polar surface area (TPSA) is 73.6 Å². The van der Waals surface area contributed by atoms with Crippen LogP contribution in [0.1, 0.15) is 16.9 Å². The maximum Gasteiger partial charge on any atom is 0.357 e. The fourth-order valence-electron chi connectivity index (χ4n) is 2.02. The third-order valence-electron chi connectivity index (χ3n) is 2.95. The third kappa shape index (κ3) is 3.34. The zero-order valence-electron chi connectivity index (χ0n) is 11.4. The van der Waals surface area contributed by atoms with Crippen LogP contribution in [0, 0.1) is 0 Å². The highest BCUT2D eigenvalue weighted by Crippen LogP contribution is 2.18. The summed E-state index contributed by atoms with van der Waals surface area (Å²) in [4.78, 5) is 11.2. The van der Waals surface area contributed by atoms with Crippen molar-refractivity contribution in [1.29, 1.82) is 0 Å². The predicted molar refractivity (Wildman–Crippen MR) is 74.0 cm³/mol. The molecular weight excluding hydrogens is 260 g/mol. The van der Waals surface area contributed by atoms with Crippen molar-refractivity contribution in [2.75, 3.05) is 26.9 Å². The number of carbonyl (C=O) groups is 1. The largest absolute Gasteiger partial charge is 0.476 e. The van der Waals surface area contributed by atoms with Gasteiger partial charge in [0.25, 0.3) is 0 Å². The summed E-state index contributed by atoms with van der Waals surface area (Å²) >= 11 is 0. The van der Waals surface area contributed by atoms with E-state index in [-0.39, 0.29) is 5.69 Å². The molecule has 0 amide bonds. The van der Waals surface area contributed by atoms with Gasteiger partial charge in [-0.15, -0.1) is 0 Å². The predicted octanol–water partition coefficient (Wildman–Crippen LogP) is 1.79. The maximum absolute atomic E-state index is 11.2. The van der Waals surface area contributed by atoms with Gasteiger partial charge < -0.3 is 14.6 Å². The number of fused-ring (bicyclic) bond motifs is 1. The van der Waals surface area contributed by atoms with Crippen molar-refractivity contribution in [2.24, 2.45) is 0 Å². The van der Waals surface area contributed by atoms with Gasteiger partial charge in [-0.3, -0.25) is 4.68 Å². The van der Waals surface area contributed by atoms with E-state index in [4.69, 9.17) is 14.6 Å². The van der Waals surface area contributed by atoms with Crippen LogP contribution in [0.2, 0.25) is 0 Å². The van der Waals surface area contributed by atoms with Gasteiger partial charge in [0, 0.05) is 25.6 Å². The fourth-order valence-corrected chi connectivity index (χ4v) is 2.02. The van der Waals surface area contributed by atoms with Gasteiger partial charge in [-0.1, -0.05) is 18.2 Å². The average molecular weight is 278 g/mol. The summed E-state index contributed by atoms with van der Waals surface area (Å²) in [5.74, 6) is -1.00. The molecule has 0 radical (unpaired) electrons. The summed E-state index contributed by atoms with van der Waals surface area (Å²) < 4.78 is 12.0. The summed E-state index contributed by atoms with van der Waals surface area (Å²) in [5.41, 5.74) is 0.933. The van der Waals surface area contributed by atoms with Crippen molar-refractivity contribution in [3.05, 3.63) is 30.0 Å². The molecule has 0 aliphatic heterocycles. The number of aromatic nitrogens is 2. The molecule has 0 spiro atoms. The van der Waals surface area contributed by atoms with Crippen LogP contribution in [-0.2, 0) is 16.0 Å². The van der Waals surface area contributed by atoms with Crippen LogP contribution in [0.5, 0.6) is 0 Å². The number of rotatable bonds is 8. The minimum Gasteiger partial charge on any atom is -0.476 e. The van der Waals surface area contributed by atoms with Crippen LogP contribution in [0.4, 0.5) is 0 Å². The molecule has 1 aromatic heterocycles. The van der Waals surface area contributed by atoms with Gasteiger partial charge in [0.1, 0.15) is 0 Å². The minimum absolute atomic E-state index is 0.0981. The van der Waals surface area contributed by atoms with Crippen LogP contribution in [0.15, 0.2) is 24.3 Å². The van der Waals surface area contributed by atoms with E-state index in [0.29, 0.717) is 31.8 Å². The molecule has 2 aromatic rings. The number of aromatic carboxylic acids is 1. The molecule has 20 heavy (non-hydrogen) atoms. The number of ether oxygens (including phenoxy) is 2. The molecule has 0 bridgehead atoms. The Morgan fingerprint density at radius 2 is 2.10 bits per heavy atom. The van der Waals surface area contributed by atoms with E-state index < -0.39 is 5.97 Å². The standard InChI is InChI=1S/C14H18N2O4/c1-19-9-10-20-8-4-7-16-12-6-3-2-5-11(12)13(15-16)14(17)18/h2-3,5-6H,4,7-10H2,1H3,(H,17,18). The molecule has 1 heterocycles. The number of methoxy groups -OCH3 is 1. The number of carboxylic acid groups (broad SMARTS) is 1. The highest BCUT2D eigenvalue weighted by molar-refractivity contribution is 6.01. The van der Waals surface area contributed by atoms with E-state index in [9.17, 15) is 4.79 Å². The lowest BCUT2D eigenvalue weighted by molar-refractivity contribution is 0.0673. The maximum atomic E-state index is 11.2. The second kappa shape index (κ2) is 7.02. The molecule has 1 N–H and O–H groups in total. The number of aryl methyl sites for hydroxylation is 1. The van der Waals surface area contributed by atoms with Gasteiger partial charge in [-0.25, -0.2) is 4.79 Å². The Morgan fingerprint density at radius 3 is 2.85 bits per heavy atom. The van der Waals surface area contributed by atoms with Crippen molar-refractivity contribution >= 4 is 16.9 Å². The molecule has 1 aromatic carbocycles. The lowest BCUT2D eigenvalue weighted by Gasteiger charge is -2.05. The number of para-hydroxylation sites is 1. The smallest absolute Gasteiger partial charge is 0.357 e. The second-order valence-corrected chi connectivity index (χ2v) is 4.35. The van der Waals surface area contributed by atoms with E-state index in [1.807, 2.05) is 18.2 Å². The number of benzene rings is 1. The first-order valence-electron chi connectivity index (χ1n) is 6.49. The summed E-state index contributed by atoms with van der Waals surface area (Å²) in [6.45, 7) is 2.37. The Bertz CT molecular complexity index is 580. The Morgan fingerprint density at radius 1 is 1.30 bits per heavy atom. The summed E-state index contributed by atoms with van der Waals surface area (Å²) in [6, 6.07) is 7.34. The molecule has 0 unspecified atom stereocenters. The van der Waals surface area contributed by atoms with Gasteiger partial charge in [0.05, 0.1) is 18.7 Å². The zero-order chi connectivity index (χ0) is 14.4. The van der Waals surface area contributed by atoms with Crippen molar-refractivity contribution in [3.63, 3.8) is 0 Å². The highest BCUT2D eigenvalue weighted by atomic mass is 16.5. The molecule has 0 aliphatic carbocycles. The molecule has 0 aliphatic rings. The normalized spacial score (nSPS) is 11.1. The SMILES string of the molecule is COCCOCCCn1nc(C(=O)O)c2ccccc21. The van der Waals surface area contributed by atoms with Crippen molar-refractivity contribution < 1.29 is 19.4 Å². The molecule has 0 atom stereocenters. The Labute approximate surface area is 116 Å². The Kier molecular flexibility index (Phi) is 5.09. The van der Waals surface area contributed by atoms with E-state index in [0.717, 1.165) is 11.9 Å². The fraction of sp³-hybridized carbons (Fsp3) is 0.429. The molecule has 0 fully saturated rings. The average Bonchev–Trinajstić information content (AvgIpc) is 2.82. The summed E-state index contributed by atoms with van der Waals surface area (Å²) in [5, 5.41) is 14.0. The van der Waals surface area contributed by atoms with E-state index in [1.54, 1.807) is 17.9 Å². The number of hydrogen-bond donors (Lipinski definition) is 1. The van der Waals surface area contributed by atoms with Crippen molar-refractivity contribution in [3.8, 4) is 0 Å². The molecular formula is C14H18N2O4. The van der Waals surface area contributed by atoms with E-state index >= 15 is 0 Å². The monoisotopic (exact) mass is 278 g/mol. The molecule has 6 heteroatoms. The van der Waals surface area contributed by atoms with Gasteiger partial charge in [0.2, 0.25) is 0 Å². The van der Waals surface area contributed by atoms with Crippen LogP contribution in [0.25, 0.3) is 10.9 Å². The first-order chi connectivity index (χ1) is 9.74. The number of nitrogens with zero attached hydrogens (tertiary/aromatic N) is 2. The van der Waals surface area contributed by atoms with Crippen LogP contribution >= 0.6 is 0 Å². The lowest BCUT2D eigenvalue weighted by atomic mass is 10.2. The van der Waals surface area contributed by atoms with Crippen molar-refractivity contribution in [2.45, 2.75) is 13.0 Å². The molecule has 108 valence electrons. The lowest BCUT2D eigenvalue weighted by Crippen LogP contribution is -2.08. The summed E-state index contributed by atoms with van der Waals surface area (Å²) in [7, 11) is 1.63. The van der Waals surface area contributed by atoms with Crippen LogP contribution < -0.4 is 0 Å². The summed E-state index contributed by atoms with van der Waals surface area (Å²) in [6.07, 6.45) is 0.772. The molecule has 2 rings (SSSR count). The van der Waals surface area contributed by atoms with Gasteiger partial charge in [0.15, 0.2) is 5.69 Å². The van der Waals surface area contributed by atoms with Crippen LogP contribution in [-0.4, -0.2) is 47.8 Å². The molecule has 0 saturated heterocycles. The highest BCUT2D eigenvalue weighted by Gasteiger charge is 2.15. The molecule has 6 nitrogen and oxygen atoms in total. The van der Waals surface area contributed by atoms with Gasteiger partial charge in [-0.2, -0.15) is 5.10 Å². The zero-order valence-corrected chi connectivity index (χ0v) is 11.4. The van der Waals surface area contributed by atoms with E-state index in [2.05, 4.69) is 5.10 Å². The Balaban J connectivity index is 2.01. The number of hydrogen-bond acceptors (Lipinski definition) is 4. The quantitative estimate of drug-likeness (QED) is 0.745. The van der Waals surface area contributed by atoms with E-state index in [1.165, 1.54) is 0 Å². The van der Waals surface area contributed by atoms with Crippen molar-refractivity contribution in [1.82, 2.24) is 9.78 Å². The molecule has 0 saturated carbocycles. The Hall–Kier alpha value is -1.92.